The van der Waals surface area contributed by atoms with E-state index in [4.69, 9.17) is 14.2 Å². The first-order chi connectivity index (χ1) is 16.5. The largest absolute Gasteiger partial charge is 0.493 e. The van der Waals surface area contributed by atoms with Crippen molar-refractivity contribution >= 4 is 17.5 Å². The van der Waals surface area contributed by atoms with E-state index in [1.165, 1.54) is 12.1 Å². The van der Waals surface area contributed by atoms with Gasteiger partial charge >= 0.3 is 6.03 Å². The van der Waals surface area contributed by atoms with E-state index in [9.17, 15) is 9.18 Å². The molecule has 0 radical (unpaired) electrons. The highest BCUT2D eigenvalue weighted by molar-refractivity contribution is 5.89. The average Bonchev–Trinajstić information content (AvgIpc) is 2.89. The molecule has 2 heterocycles. The summed E-state index contributed by atoms with van der Waals surface area (Å²) in [4.78, 5) is 16.2. The molecule has 1 saturated heterocycles. The van der Waals surface area contributed by atoms with Crippen LogP contribution in [-0.4, -0.2) is 68.6 Å². The Balaban J connectivity index is 1.41. The van der Waals surface area contributed by atoms with Crippen LogP contribution in [0.3, 0.4) is 0 Å². The lowest BCUT2D eigenvalue weighted by Crippen LogP contribution is -2.50. The molecule has 0 aliphatic carbocycles. The molecule has 0 atom stereocenters. The SMILES string of the molecule is COc1cc(-c2ccc(N3CCN(C(=O)Nc4ccccc4F)CC3)nn2)cc(OC)c1OC. The number of methoxy groups -OCH3 is 3. The summed E-state index contributed by atoms with van der Waals surface area (Å²) in [6.45, 7) is 2.14. The molecule has 1 aliphatic rings. The second-order valence-electron chi connectivity index (χ2n) is 7.57. The number of amides is 2. The number of rotatable bonds is 6. The number of benzene rings is 2. The average molecular weight is 468 g/mol. The third-order valence-corrected chi connectivity index (χ3v) is 5.62. The van der Waals surface area contributed by atoms with Crippen LogP contribution in [0.2, 0.25) is 0 Å². The minimum Gasteiger partial charge on any atom is -0.493 e. The topological polar surface area (TPSA) is 89.1 Å². The van der Waals surface area contributed by atoms with Gasteiger partial charge in [0.05, 0.1) is 32.7 Å². The number of aromatic nitrogens is 2. The summed E-state index contributed by atoms with van der Waals surface area (Å²) in [7, 11) is 4.68. The van der Waals surface area contributed by atoms with Gasteiger partial charge in [0.2, 0.25) is 5.75 Å². The van der Waals surface area contributed by atoms with E-state index in [0.717, 1.165) is 5.56 Å². The number of hydrogen-bond acceptors (Lipinski definition) is 7. The molecule has 1 fully saturated rings. The van der Waals surface area contributed by atoms with Gasteiger partial charge in [0.25, 0.3) is 0 Å². The van der Waals surface area contributed by atoms with Gasteiger partial charge in [0, 0.05) is 31.7 Å². The summed E-state index contributed by atoms with van der Waals surface area (Å²) in [6, 6.07) is 13.2. The fraction of sp³-hybridized carbons (Fsp3) is 0.292. The van der Waals surface area contributed by atoms with Crippen LogP contribution >= 0.6 is 0 Å². The molecule has 9 nitrogen and oxygen atoms in total. The Hall–Kier alpha value is -4.08. The van der Waals surface area contributed by atoms with Crippen LogP contribution in [0.4, 0.5) is 20.7 Å². The van der Waals surface area contributed by atoms with Gasteiger partial charge in [-0.3, -0.25) is 0 Å². The van der Waals surface area contributed by atoms with E-state index in [1.807, 2.05) is 24.3 Å². The molecule has 1 aromatic heterocycles. The number of urea groups is 1. The van der Waals surface area contributed by atoms with Gasteiger partial charge in [0.15, 0.2) is 17.3 Å². The van der Waals surface area contributed by atoms with Gasteiger partial charge in [-0.05, 0) is 36.4 Å². The summed E-state index contributed by atoms with van der Waals surface area (Å²) < 4.78 is 30.0. The molecule has 3 aromatic rings. The van der Waals surface area contributed by atoms with Crippen molar-refractivity contribution in [1.29, 1.82) is 0 Å². The molecule has 10 heteroatoms. The number of para-hydroxylation sites is 1. The maximum atomic E-state index is 13.8. The van der Waals surface area contributed by atoms with E-state index in [2.05, 4.69) is 20.4 Å². The number of ether oxygens (including phenoxy) is 3. The molecule has 34 heavy (non-hydrogen) atoms. The number of hydrogen-bond donors (Lipinski definition) is 1. The molecule has 0 spiro atoms. The first kappa shape index (κ1) is 23.1. The number of anilines is 2. The zero-order valence-corrected chi connectivity index (χ0v) is 19.2. The lowest BCUT2D eigenvalue weighted by Gasteiger charge is -2.35. The van der Waals surface area contributed by atoms with Crippen molar-refractivity contribution < 1.29 is 23.4 Å². The summed E-state index contributed by atoms with van der Waals surface area (Å²) in [5, 5.41) is 11.4. The molecule has 178 valence electrons. The van der Waals surface area contributed by atoms with Crippen molar-refractivity contribution in [3.05, 3.63) is 54.3 Å². The van der Waals surface area contributed by atoms with Crippen LogP contribution in [0.1, 0.15) is 0 Å². The fourth-order valence-corrected chi connectivity index (χ4v) is 3.77. The van der Waals surface area contributed by atoms with E-state index < -0.39 is 5.82 Å². The lowest BCUT2D eigenvalue weighted by atomic mass is 10.1. The Kier molecular flexibility index (Phi) is 6.95. The highest BCUT2D eigenvalue weighted by atomic mass is 19.1. The molecule has 0 saturated carbocycles. The summed E-state index contributed by atoms with van der Waals surface area (Å²) >= 11 is 0. The van der Waals surface area contributed by atoms with Crippen LogP contribution in [0.5, 0.6) is 17.2 Å². The summed E-state index contributed by atoms with van der Waals surface area (Å²) in [5.74, 6) is 1.83. The van der Waals surface area contributed by atoms with Crippen molar-refractivity contribution in [3.63, 3.8) is 0 Å². The molecule has 1 aliphatic heterocycles. The minimum atomic E-state index is -0.461. The van der Waals surface area contributed by atoms with Crippen LogP contribution in [0.15, 0.2) is 48.5 Å². The maximum absolute atomic E-state index is 13.8. The predicted molar refractivity (Wildman–Crippen MR) is 126 cm³/mol. The molecule has 2 aromatic carbocycles. The highest BCUT2D eigenvalue weighted by Crippen LogP contribution is 2.40. The second-order valence-corrected chi connectivity index (χ2v) is 7.57. The molecule has 0 unspecified atom stereocenters. The Morgan fingerprint density at radius 3 is 2.15 bits per heavy atom. The van der Waals surface area contributed by atoms with E-state index in [1.54, 1.807) is 38.4 Å². The molecule has 1 N–H and O–H groups in total. The third-order valence-electron chi connectivity index (χ3n) is 5.62. The zero-order chi connectivity index (χ0) is 24.1. The van der Waals surface area contributed by atoms with E-state index in [0.29, 0.717) is 54.9 Å². The zero-order valence-electron chi connectivity index (χ0n) is 19.2. The Bertz CT molecular complexity index is 1130. The van der Waals surface area contributed by atoms with E-state index in [-0.39, 0.29) is 11.7 Å². The maximum Gasteiger partial charge on any atom is 0.322 e. The van der Waals surface area contributed by atoms with Gasteiger partial charge in [-0.25, -0.2) is 9.18 Å². The number of halogens is 1. The minimum absolute atomic E-state index is 0.170. The number of piperazine rings is 1. The quantitative estimate of drug-likeness (QED) is 0.592. The molecule has 2 amide bonds. The smallest absolute Gasteiger partial charge is 0.322 e. The van der Waals surface area contributed by atoms with Gasteiger partial charge in [-0.2, -0.15) is 0 Å². The normalized spacial score (nSPS) is 13.4. The second kappa shape index (κ2) is 10.2. The summed E-state index contributed by atoms with van der Waals surface area (Å²) in [5.41, 5.74) is 1.61. The van der Waals surface area contributed by atoms with Crippen LogP contribution in [0.25, 0.3) is 11.3 Å². The first-order valence-electron chi connectivity index (χ1n) is 10.7. The highest BCUT2D eigenvalue weighted by Gasteiger charge is 2.23. The molecule has 4 rings (SSSR count). The van der Waals surface area contributed by atoms with Gasteiger partial charge in [-0.1, -0.05) is 12.1 Å². The van der Waals surface area contributed by atoms with Gasteiger partial charge < -0.3 is 29.3 Å². The molecular weight excluding hydrogens is 441 g/mol. The Morgan fingerprint density at radius 1 is 0.912 bits per heavy atom. The van der Waals surface area contributed by atoms with Crippen molar-refractivity contribution in [2.24, 2.45) is 0 Å². The Morgan fingerprint density at radius 2 is 1.59 bits per heavy atom. The summed E-state index contributed by atoms with van der Waals surface area (Å²) in [6.07, 6.45) is 0. The van der Waals surface area contributed by atoms with Gasteiger partial charge in [0.1, 0.15) is 5.82 Å². The fourth-order valence-electron chi connectivity index (χ4n) is 3.77. The molecular formula is C24H26FN5O4. The number of carbonyl (C=O) groups excluding carboxylic acids is 1. The monoisotopic (exact) mass is 467 g/mol. The van der Waals surface area contributed by atoms with Crippen molar-refractivity contribution in [2.45, 2.75) is 0 Å². The number of carbonyl (C=O) groups is 1. The first-order valence-corrected chi connectivity index (χ1v) is 10.7. The Labute approximate surface area is 197 Å². The molecule has 0 bridgehead atoms. The lowest BCUT2D eigenvalue weighted by molar-refractivity contribution is 0.208. The van der Waals surface area contributed by atoms with Crippen LogP contribution in [-0.2, 0) is 0 Å². The van der Waals surface area contributed by atoms with Crippen molar-refractivity contribution in [3.8, 4) is 28.5 Å². The number of nitrogens with zero attached hydrogens (tertiary/aromatic N) is 4. The van der Waals surface area contributed by atoms with Crippen molar-refractivity contribution in [2.75, 3.05) is 57.7 Å². The van der Waals surface area contributed by atoms with Gasteiger partial charge in [-0.15, -0.1) is 10.2 Å². The van der Waals surface area contributed by atoms with E-state index >= 15 is 0 Å². The van der Waals surface area contributed by atoms with Crippen LogP contribution < -0.4 is 24.4 Å². The predicted octanol–water partition coefficient (Wildman–Crippen LogP) is 3.66. The standard InChI is InChI=1S/C24H26FN5O4/c1-32-20-14-16(15-21(33-2)23(20)34-3)18-8-9-22(28-27-18)29-10-12-30(13-11-29)24(31)26-19-7-5-4-6-17(19)25/h4-9,14-15H,10-13H2,1-3H3,(H,26,31). The van der Waals surface area contributed by atoms with Crippen LogP contribution in [0, 0.1) is 5.82 Å². The number of nitrogens with one attached hydrogen (secondary N) is 1. The van der Waals surface area contributed by atoms with Crippen molar-refractivity contribution in [1.82, 2.24) is 15.1 Å². The third kappa shape index (κ3) is 4.80.